The lowest BCUT2D eigenvalue weighted by Crippen LogP contribution is -2.36. The van der Waals surface area contributed by atoms with Crippen molar-refractivity contribution in [1.82, 2.24) is 29.6 Å². The van der Waals surface area contributed by atoms with Gasteiger partial charge in [0.1, 0.15) is 18.1 Å². The maximum Gasteiger partial charge on any atom is 0.257 e. The van der Waals surface area contributed by atoms with Gasteiger partial charge in [-0.05, 0) is 19.9 Å². The molecule has 0 fully saturated rings. The van der Waals surface area contributed by atoms with Crippen LogP contribution >= 0.6 is 0 Å². The molecule has 0 bridgehead atoms. The average molecular weight is 378 g/mol. The topological polar surface area (TPSA) is 86.0 Å². The zero-order valence-corrected chi connectivity index (χ0v) is 16.0. The van der Waals surface area contributed by atoms with E-state index in [0.717, 1.165) is 24.2 Å². The molecule has 28 heavy (non-hydrogen) atoms. The molecule has 0 radical (unpaired) electrons. The highest BCUT2D eigenvalue weighted by molar-refractivity contribution is 5.93. The zero-order valence-electron chi connectivity index (χ0n) is 16.0. The lowest BCUT2D eigenvalue weighted by Gasteiger charge is -2.27. The van der Waals surface area contributed by atoms with E-state index in [4.69, 9.17) is 9.84 Å². The molecule has 3 aromatic heterocycles. The number of aromatic nitrogens is 5. The van der Waals surface area contributed by atoms with E-state index < -0.39 is 0 Å². The molecule has 4 rings (SSSR count). The van der Waals surface area contributed by atoms with Crippen LogP contribution in [0.3, 0.4) is 0 Å². The maximum absolute atomic E-state index is 12.9. The van der Waals surface area contributed by atoms with Crippen LogP contribution in [0, 0.1) is 6.92 Å². The summed E-state index contributed by atoms with van der Waals surface area (Å²) in [5.74, 6) is 1.14. The van der Waals surface area contributed by atoms with Gasteiger partial charge in [0.15, 0.2) is 0 Å². The molecule has 0 unspecified atom stereocenters. The minimum atomic E-state index is -0.0634. The van der Waals surface area contributed by atoms with E-state index in [-0.39, 0.29) is 5.91 Å². The molecule has 8 heteroatoms. The first-order valence-electron chi connectivity index (χ1n) is 9.35. The number of fused-ring (bicyclic) bond motifs is 1. The number of amides is 1. The summed E-state index contributed by atoms with van der Waals surface area (Å²) in [4.78, 5) is 27.1. The third-order valence-electron chi connectivity index (χ3n) is 4.83. The summed E-state index contributed by atoms with van der Waals surface area (Å²) in [6.45, 7) is 6.12. The molecule has 8 nitrogen and oxygen atoms in total. The molecule has 0 saturated heterocycles. The molecule has 0 spiro atoms. The summed E-state index contributed by atoms with van der Waals surface area (Å²) < 4.78 is 7.80. The van der Waals surface area contributed by atoms with E-state index in [0.29, 0.717) is 37.0 Å². The number of aryl methyl sites for hydroxylation is 2. The number of hydrogen-bond acceptors (Lipinski definition) is 6. The lowest BCUT2D eigenvalue weighted by molar-refractivity contribution is 0.0731. The predicted molar refractivity (Wildman–Crippen MR) is 102 cm³/mol. The Bertz CT molecular complexity index is 968. The second-order valence-electron chi connectivity index (χ2n) is 6.64. The quantitative estimate of drug-likeness (QED) is 0.676. The Labute approximate surface area is 163 Å². The Morgan fingerprint density at radius 1 is 1.21 bits per heavy atom. The van der Waals surface area contributed by atoms with Crippen molar-refractivity contribution >= 4 is 5.91 Å². The number of pyridine rings is 1. The van der Waals surface area contributed by atoms with Gasteiger partial charge in [-0.15, -0.1) is 0 Å². The molecule has 1 amide bonds. The zero-order chi connectivity index (χ0) is 19.5. The van der Waals surface area contributed by atoms with Crippen molar-refractivity contribution in [1.29, 1.82) is 0 Å². The van der Waals surface area contributed by atoms with Gasteiger partial charge in [0, 0.05) is 62.0 Å². The average Bonchev–Trinajstić information content (AvgIpc) is 3.10. The first kappa shape index (κ1) is 18.1. The Balaban J connectivity index is 1.55. The summed E-state index contributed by atoms with van der Waals surface area (Å²) in [6, 6.07) is 5.54. The third-order valence-corrected chi connectivity index (χ3v) is 4.83. The highest BCUT2D eigenvalue weighted by atomic mass is 16.5. The van der Waals surface area contributed by atoms with Crippen molar-refractivity contribution in [3.63, 3.8) is 0 Å². The molecular formula is C20H22N6O2. The maximum atomic E-state index is 12.9. The van der Waals surface area contributed by atoms with Crippen LogP contribution < -0.4 is 4.74 Å². The summed E-state index contributed by atoms with van der Waals surface area (Å²) in [6.07, 6.45) is 5.62. The first-order chi connectivity index (χ1) is 13.7. The smallest absolute Gasteiger partial charge is 0.257 e. The van der Waals surface area contributed by atoms with Crippen LogP contribution in [0.25, 0.3) is 0 Å². The molecule has 0 atom stereocenters. The predicted octanol–water partition coefficient (Wildman–Crippen LogP) is 2.17. The normalized spacial score (nSPS) is 13.3. The molecule has 1 aliphatic rings. The van der Waals surface area contributed by atoms with Crippen LogP contribution in [0.2, 0.25) is 0 Å². The highest BCUT2D eigenvalue weighted by Gasteiger charge is 2.28. The summed E-state index contributed by atoms with van der Waals surface area (Å²) in [5, 5.41) is 4.70. The molecule has 4 heterocycles. The fourth-order valence-electron chi connectivity index (χ4n) is 3.37. The minimum absolute atomic E-state index is 0.0634. The number of ether oxygens (including phenoxy) is 1. The molecule has 144 valence electrons. The van der Waals surface area contributed by atoms with Gasteiger partial charge in [-0.25, -0.2) is 15.0 Å². The van der Waals surface area contributed by atoms with Crippen LogP contribution in [0.4, 0.5) is 0 Å². The second-order valence-corrected chi connectivity index (χ2v) is 6.64. The van der Waals surface area contributed by atoms with Gasteiger partial charge in [-0.2, -0.15) is 5.10 Å². The monoisotopic (exact) mass is 378 g/mol. The number of hydrogen-bond donors (Lipinski definition) is 0. The number of carbonyl (C=O) groups is 1. The highest BCUT2D eigenvalue weighted by Crippen LogP contribution is 2.25. The van der Waals surface area contributed by atoms with E-state index in [1.165, 1.54) is 5.69 Å². The number of rotatable bonds is 5. The van der Waals surface area contributed by atoms with Crippen molar-refractivity contribution < 1.29 is 9.53 Å². The van der Waals surface area contributed by atoms with Crippen molar-refractivity contribution in [2.75, 3.05) is 6.54 Å². The molecule has 0 saturated carbocycles. The molecule has 0 aliphatic carbocycles. The molecular weight excluding hydrogens is 356 g/mol. The molecule has 0 aromatic carbocycles. The van der Waals surface area contributed by atoms with Gasteiger partial charge >= 0.3 is 0 Å². The van der Waals surface area contributed by atoms with Gasteiger partial charge in [0.05, 0.1) is 5.56 Å². The first-order valence-corrected chi connectivity index (χ1v) is 9.35. The third kappa shape index (κ3) is 3.58. The summed E-state index contributed by atoms with van der Waals surface area (Å²) in [7, 11) is 0. The van der Waals surface area contributed by atoms with Gasteiger partial charge in [0.25, 0.3) is 5.91 Å². The fourth-order valence-corrected chi connectivity index (χ4v) is 3.37. The summed E-state index contributed by atoms with van der Waals surface area (Å²) >= 11 is 0. The Morgan fingerprint density at radius 2 is 2.04 bits per heavy atom. The Morgan fingerprint density at radius 3 is 2.75 bits per heavy atom. The van der Waals surface area contributed by atoms with Gasteiger partial charge in [0.2, 0.25) is 5.88 Å². The van der Waals surface area contributed by atoms with Gasteiger partial charge in [-0.3, -0.25) is 9.48 Å². The van der Waals surface area contributed by atoms with Crippen LogP contribution in [0.5, 0.6) is 5.88 Å². The largest absolute Gasteiger partial charge is 0.471 e. The molecule has 0 N–H and O–H groups in total. The number of nitrogens with zero attached hydrogens (tertiary/aromatic N) is 6. The van der Waals surface area contributed by atoms with E-state index in [1.807, 2.05) is 27.8 Å². The Hall–Kier alpha value is -3.29. The van der Waals surface area contributed by atoms with Crippen LogP contribution in [0.1, 0.15) is 40.1 Å². The van der Waals surface area contributed by atoms with Crippen LogP contribution in [0.15, 0.2) is 36.8 Å². The van der Waals surface area contributed by atoms with Gasteiger partial charge in [-0.1, -0.05) is 6.07 Å². The van der Waals surface area contributed by atoms with E-state index in [2.05, 4.69) is 21.9 Å². The minimum Gasteiger partial charge on any atom is -0.471 e. The standard InChI is InChI=1S/C20H22N6O2/c1-3-26-18-7-9-25(20(27)15-10-22-14(2)23-11-15)12-16(18)17(24-26)13-28-19-6-4-5-8-21-19/h4-6,8,10-11H,3,7,9,12-13H2,1-2H3. The van der Waals surface area contributed by atoms with Crippen molar-refractivity contribution in [2.45, 2.75) is 40.0 Å². The second kappa shape index (κ2) is 7.75. The number of carbonyl (C=O) groups excluding carboxylic acids is 1. The lowest BCUT2D eigenvalue weighted by atomic mass is 10.0. The van der Waals surface area contributed by atoms with E-state index in [9.17, 15) is 4.79 Å². The Kier molecular flexibility index (Phi) is 5.01. The molecule has 1 aliphatic heterocycles. The van der Waals surface area contributed by atoms with Crippen molar-refractivity contribution in [2.24, 2.45) is 0 Å². The van der Waals surface area contributed by atoms with Crippen molar-refractivity contribution in [3.8, 4) is 5.88 Å². The van der Waals surface area contributed by atoms with E-state index >= 15 is 0 Å². The summed E-state index contributed by atoms with van der Waals surface area (Å²) in [5.41, 5.74) is 3.58. The SMILES string of the molecule is CCn1nc(COc2ccccn2)c2c1CCN(C(=O)c1cnc(C)nc1)C2. The van der Waals surface area contributed by atoms with E-state index in [1.54, 1.807) is 25.5 Å². The van der Waals surface area contributed by atoms with Gasteiger partial charge < -0.3 is 9.64 Å². The van der Waals surface area contributed by atoms with Crippen LogP contribution in [-0.4, -0.2) is 42.1 Å². The van der Waals surface area contributed by atoms with Crippen LogP contribution in [-0.2, 0) is 26.1 Å². The fraction of sp³-hybridized carbons (Fsp3) is 0.350. The van der Waals surface area contributed by atoms with Crippen molar-refractivity contribution in [3.05, 3.63) is 65.1 Å². The molecule has 3 aromatic rings.